The summed E-state index contributed by atoms with van der Waals surface area (Å²) in [5, 5.41) is 7.29. The van der Waals surface area contributed by atoms with Crippen LogP contribution in [0.4, 0.5) is 0 Å². The molecule has 0 unspecified atom stereocenters. The average Bonchev–Trinajstić information content (AvgIpc) is 3.19. The molecular weight excluding hydrogens is 302 g/mol. The van der Waals surface area contributed by atoms with Crippen molar-refractivity contribution in [2.45, 2.75) is 38.6 Å². The summed E-state index contributed by atoms with van der Waals surface area (Å²) in [7, 11) is 0. The lowest BCUT2D eigenvalue weighted by atomic mass is 10.1. The predicted molar refractivity (Wildman–Crippen MR) is 90.0 cm³/mol. The van der Waals surface area contributed by atoms with Crippen LogP contribution in [0.5, 0.6) is 0 Å². The highest BCUT2D eigenvalue weighted by atomic mass is 16.1. The average molecular weight is 321 g/mol. The van der Waals surface area contributed by atoms with E-state index in [9.17, 15) is 4.79 Å². The first-order chi connectivity index (χ1) is 11.6. The Hall–Kier alpha value is -2.76. The third-order valence-electron chi connectivity index (χ3n) is 4.49. The maximum absolute atomic E-state index is 12.7. The van der Waals surface area contributed by atoms with Crippen molar-refractivity contribution in [3.63, 3.8) is 0 Å². The SMILES string of the molecule is CC(C)c1cc(C(=O)NC2Cc3ccccc3C2)nc2ncnn12. The summed E-state index contributed by atoms with van der Waals surface area (Å²) in [6.07, 6.45) is 3.20. The number of hydrogen-bond donors (Lipinski definition) is 1. The van der Waals surface area contributed by atoms with Crippen LogP contribution in [-0.4, -0.2) is 31.5 Å². The molecule has 3 aromatic rings. The lowest BCUT2D eigenvalue weighted by Gasteiger charge is -2.13. The summed E-state index contributed by atoms with van der Waals surface area (Å²) in [4.78, 5) is 21.1. The van der Waals surface area contributed by atoms with Gasteiger partial charge in [-0.05, 0) is 36.0 Å². The van der Waals surface area contributed by atoms with E-state index in [-0.39, 0.29) is 17.9 Å². The van der Waals surface area contributed by atoms with Crippen LogP contribution in [0.2, 0.25) is 0 Å². The summed E-state index contributed by atoms with van der Waals surface area (Å²) >= 11 is 0. The number of nitrogens with zero attached hydrogens (tertiary/aromatic N) is 4. The van der Waals surface area contributed by atoms with Gasteiger partial charge in [-0.15, -0.1) is 0 Å². The number of nitrogens with one attached hydrogen (secondary N) is 1. The molecule has 4 rings (SSSR count). The van der Waals surface area contributed by atoms with Gasteiger partial charge in [0, 0.05) is 6.04 Å². The number of fused-ring (bicyclic) bond motifs is 2. The van der Waals surface area contributed by atoms with Gasteiger partial charge >= 0.3 is 0 Å². The van der Waals surface area contributed by atoms with Crippen LogP contribution in [0.3, 0.4) is 0 Å². The van der Waals surface area contributed by atoms with Crippen molar-refractivity contribution in [2.75, 3.05) is 0 Å². The van der Waals surface area contributed by atoms with Crippen molar-refractivity contribution < 1.29 is 4.79 Å². The number of amides is 1. The molecule has 122 valence electrons. The Morgan fingerprint density at radius 1 is 1.25 bits per heavy atom. The minimum absolute atomic E-state index is 0.119. The van der Waals surface area contributed by atoms with Gasteiger partial charge in [0.05, 0.1) is 5.69 Å². The third-order valence-corrected chi connectivity index (χ3v) is 4.49. The molecule has 0 spiro atoms. The summed E-state index contributed by atoms with van der Waals surface area (Å²) in [5.74, 6) is 0.528. The largest absolute Gasteiger partial charge is 0.347 e. The Morgan fingerprint density at radius 2 is 1.96 bits per heavy atom. The monoisotopic (exact) mass is 321 g/mol. The maximum Gasteiger partial charge on any atom is 0.270 e. The molecule has 1 N–H and O–H groups in total. The van der Waals surface area contributed by atoms with Crippen molar-refractivity contribution in [1.82, 2.24) is 24.9 Å². The van der Waals surface area contributed by atoms with E-state index >= 15 is 0 Å². The Morgan fingerprint density at radius 3 is 2.62 bits per heavy atom. The molecule has 0 saturated carbocycles. The highest BCUT2D eigenvalue weighted by Gasteiger charge is 2.24. The molecule has 2 heterocycles. The van der Waals surface area contributed by atoms with Gasteiger partial charge in [-0.3, -0.25) is 4.79 Å². The van der Waals surface area contributed by atoms with E-state index in [1.54, 1.807) is 4.52 Å². The number of carbonyl (C=O) groups excluding carboxylic acids is 1. The molecule has 0 saturated heterocycles. The molecule has 0 fully saturated rings. The second-order valence-electron chi connectivity index (χ2n) is 6.54. The molecule has 1 aliphatic rings. The smallest absolute Gasteiger partial charge is 0.270 e. The molecule has 6 heteroatoms. The van der Waals surface area contributed by atoms with Crippen molar-refractivity contribution in [1.29, 1.82) is 0 Å². The van der Waals surface area contributed by atoms with Gasteiger partial charge in [0.2, 0.25) is 0 Å². The fraction of sp³-hybridized carbons (Fsp3) is 0.333. The number of hydrogen-bond acceptors (Lipinski definition) is 4. The first-order valence-electron chi connectivity index (χ1n) is 8.20. The number of rotatable bonds is 3. The second kappa shape index (κ2) is 5.70. The molecule has 1 aromatic carbocycles. The van der Waals surface area contributed by atoms with E-state index in [1.165, 1.54) is 17.5 Å². The minimum Gasteiger partial charge on any atom is -0.347 e. The molecule has 0 atom stereocenters. The zero-order valence-electron chi connectivity index (χ0n) is 13.7. The zero-order valence-corrected chi connectivity index (χ0v) is 13.7. The van der Waals surface area contributed by atoms with Gasteiger partial charge in [0.1, 0.15) is 12.0 Å². The van der Waals surface area contributed by atoms with Crippen LogP contribution in [0, 0.1) is 0 Å². The first kappa shape index (κ1) is 14.8. The summed E-state index contributed by atoms with van der Waals surface area (Å²) < 4.78 is 1.69. The summed E-state index contributed by atoms with van der Waals surface area (Å²) in [6.45, 7) is 4.12. The van der Waals surface area contributed by atoms with Crippen LogP contribution in [0.15, 0.2) is 36.7 Å². The molecule has 6 nitrogen and oxygen atoms in total. The highest BCUT2D eigenvalue weighted by molar-refractivity contribution is 5.93. The Kier molecular flexibility index (Phi) is 3.52. The fourth-order valence-corrected chi connectivity index (χ4v) is 3.28. The number of carbonyl (C=O) groups is 1. The Balaban J connectivity index is 1.58. The van der Waals surface area contributed by atoms with E-state index in [0.29, 0.717) is 11.5 Å². The second-order valence-corrected chi connectivity index (χ2v) is 6.54. The van der Waals surface area contributed by atoms with E-state index in [1.807, 2.05) is 18.2 Å². The molecule has 1 aliphatic carbocycles. The summed E-state index contributed by atoms with van der Waals surface area (Å²) in [5.41, 5.74) is 3.95. The van der Waals surface area contributed by atoms with Crippen LogP contribution in [0.25, 0.3) is 5.78 Å². The van der Waals surface area contributed by atoms with Gasteiger partial charge in [-0.2, -0.15) is 10.1 Å². The minimum atomic E-state index is -0.153. The molecule has 1 amide bonds. The topological polar surface area (TPSA) is 72.2 Å². The highest BCUT2D eigenvalue weighted by Crippen LogP contribution is 2.22. The van der Waals surface area contributed by atoms with Gasteiger partial charge in [0.25, 0.3) is 11.7 Å². The molecule has 0 radical (unpaired) electrons. The van der Waals surface area contributed by atoms with Crippen molar-refractivity contribution >= 4 is 11.7 Å². The van der Waals surface area contributed by atoms with Crippen LogP contribution < -0.4 is 5.32 Å². The zero-order chi connectivity index (χ0) is 16.7. The van der Waals surface area contributed by atoms with Crippen LogP contribution >= 0.6 is 0 Å². The van der Waals surface area contributed by atoms with Crippen molar-refractivity contribution in [2.24, 2.45) is 0 Å². The van der Waals surface area contributed by atoms with Gasteiger partial charge < -0.3 is 5.32 Å². The Labute approximate surface area is 139 Å². The van der Waals surface area contributed by atoms with E-state index in [4.69, 9.17) is 0 Å². The molecule has 2 aromatic heterocycles. The third kappa shape index (κ3) is 2.54. The molecular formula is C18H19N5O. The molecule has 24 heavy (non-hydrogen) atoms. The lowest BCUT2D eigenvalue weighted by Crippen LogP contribution is -2.36. The molecule has 0 bridgehead atoms. The number of aromatic nitrogens is 4. The van der Waals surface area contributed by atoms with E-state index < -0.39 is 0 Å². The first-order valence-corrected chi connectivity index (χ1v) is 8.20. The normalized spacial score (nSPS) is 14.3. The van der Waals surface area contributed by atoms with Crippen molar-refractivity contribution in [3.8, 4) is 0 Å². The van der Waals surface area contributed by atoms with E-state index in [0.717, 1.165) is 18.5 Å². The van der Waals surface area contributed by atoms with Crippen molar-refractivity contribution in [3.05, 3.63) is 59.2 Å². The Bertz CT molecular complexity index is 890. The quantitative estimate of drug-likeness (QED) is 0.802. The summed E-state index contributed by atoms with van der Waals surface area (Å²) in [6, 6.07) is 10.3. The van der Waals surface area contributed by atoms with Gasteiger partial charge in [-0.25, -0.2) is 9.50 Å². The van der Waals surface area contributed by atoms with Gasteiger partial charge in [0.15, 0.2) is 0 Å². The standard InChI is InChI=1S/C18H19N5O/c1-11(2)16-9-15(22-18-19-10-20-23(16)18)17(24)21-14-7-12-5-3-4-6-13(12)8-14/h3-6,9-11,14H,7-8H2,1-2H3,(H,21,24). The fourth-order valence-electron chi connectivity index (χ4n) is 3.28. The predicted octanol–water partition coefficient (Wildman–Crippen LogP) is 2.14. The van der Waals surface area contributed by atoms with Gasteiger partial charge in [-0.1, -0.05) is 38.1 Å². The number of benzene rings is 1. The van der Waals surface area contributed by atoms with Crippen LogP contribution in [-0.2, 0) is 12.8 Å². The van der Waals surface area contributed by atoms with Crippen LogP contribution in [0.1, 0.15) is 47.1 Å². The lowest BCUT2D eigenvalue weighted by molar-refractivity contribution is 0.0933. The molecule has 0 aliphatic heterocycles. The van der Waals surface area contributed by atoms with E-state index in [2.05, 4.69) is 46.4 Å². The maximum atomic E-state index is 12.7.